The van der Waals surface area contributed by atoms with Crippen molar-refractivity contribution in [3.8, 4) is 0 Å². The van der Waals surface area contributed by atoms with Gasteiger partial charge in [-0.3, -0.25) is 0 Å². The molecule has 0 heterocycles. The summed E-state index contributed by atoms with van der Waals surface area (Å²) in [6, 6.07) is 0. The first-order valence-electron chi connectivity index (χ1n) is 6.25. The molecule has 16 heavy (non-hydrogen) atoms. The molecule has 0 radical (unpaired) electrons. The van der Waals surface area contributed by atoms with Crippen molar-refractivity contribution in [2.24, 2.45) is 0 Å². The molecule has 3 nitrogen and oxygen atoms in total. The zero-order chi connectivity index (χ0) is 11.9. The minimum atomic E-state index is 0.688. The second kappa shape index (κ2) is 15.2. The Morgan fingerprint density at radius 1 is 0.875 bits per heavy atom. The molecule has 0 fully saturated rings. The van der Waals surface area contributed by atoms with Crippen LogP contribution in [0.15, 0.2) is 0 Å². The Morgan fingerprint density at radius 2 is 1.62 bits per heavy atom. The summed E-state index contributed by atoms with van der Waals surface area (Å²) in [5.74, 6) is 0.798. The van der Waals surface area contributed by atoms with Crippen molar-refractivity contribution in [1.29, 1.82) is 0 Å². The summed E-state index contributed by atoms with van der Waals surface area (Å²) in [6.45, 7) is 4.37. The van der Waals surface area contributed by atoms with E-state index in [1.54, 1.807) is 7.11 Å². The molecule has 0 saturated carbocycles. The van der Waals surface area contributed by atoms with Crippen LogP contribution < -0.4 is 5.32 Å². The fourth-order valence-corrected chi connectivity index (χ4v) is 1.56. The summed E-state index contributed by atoms with van der Waals surface area (Å²) in [4.78, 5) is 0. The molecule has 0 aromatic rings. The van der Waals surface area contributed by atoms with E-state index < -0.39 is 0 Å². The van der Waals surface area contributed by atoms with Crippen molar-refractivity contribution in [1.82, 2.24) is 5.32 Å². The quantitative estimate of drug-likeness (QED) is 0.403. The number of halogens is 1. The number of rotatable bonds is 13. The van der Waals surface area contributed by atoms with Crippen molar-refractivity contribution >= 4 is 11.6 Å². The summed E-state index contributed by atoms with van der Waals surface area (Å²) < 4.78 is 10.2. The van der Waals surface area contributed by atoms with Crippen LogP contribution in [0.1, 0.15) is 32.1 Å². The third kappa shape index (κ3) is 14.2. The van der Waals surface area contributed by atoms with Crippen LogP contribution in [0.2, 0.25) is 0 Å². The maximum Gasteiger partial charge on any atom is 0.0700 e. The highest BCUT2D eigenvalue weighted by atomic mass is 35.5. The standard InChI is InChI=1S/C12H26ClNO2/c1-15-11-12-16-10-6-9-14-8-5-3-2-4-7-13/h14H,2-12H2,1H3. The average molecular weight is 252 g/mol. The largest absolute Gasteiger partial charge is 0.382 e. The smallest absolute Gasteiger partial charge is 0.0700 e. The molecule has 0 amide bonds. The predicted molar refractivity (Wildman–Crippen MR) is 69.4 cm³/mol. The number of alkyl halides is 1. The topological polar surface area (TPSA) is 30.5 Å². The number of unbranched alkanes of at least 4 members (excludes halogenated alkanes) is 3. The van der Waals surface area contributed by atoms with Gasteiger partial charge in [0.05, 0.1) is 13.2 Å². The van der Waals surface area contributed by atoms with E-state index in [0.29, 0.717) is 13.2 Å². The molecule has 1 N–H and O–H groups in total. The first-order chi connectivity index (χ1) is 7.91. The second-order valence-electron chi connectivity index (χ2n) is 3.81. The molecule has 0 aliphatic carbocycles. The fourth-order valence-electron chi connectivity index (χ4n) is 1.37. The summed E-state index contributed by atoms with van der Waals surface area (Å²) in [5, 5.41) is 3.41. The highest BCUT2D eigenvalue weighted by molar-refractivity contribution is 6.17. The van der Waals surface area contributed by atoms with E-state index in [4.69, 9.17) is 21.1 Å². The third-order valence-electron chi connectivity index (χ3n) is 2.31. The highest BCUT2D eigenvalue weighted by Crippen LogP contribution is 1.99. The zero-order valence-corrected chi connectivity index (χ0v) is 11.2. The van der Waals surface area contributed by atoms with Gasteiger partial charge in [-0.25, -0.2) is 0 Å². The number of hydrogen-bond acceptors (Lipinski definition) is 3. The summed E-state index contributed by atoms with van der Waals surface area (Å²) in [6.07, 6.45) is 6.01. The Kier molecular flexibility index (Phi) is 15.3. The van der Waals surface area contributed by atoms with Crippen molar-refractivity contribution < 1.29 is 9.47 Å². The van der Waals surface area contributed by atoms with Crippen LogP contribution in [-0.2, 0) is 9.47 Å². The Bertz CT molecular complexity index is 112. The molecule has 0 bridgehead atoms. The molecular formula is C12H26ClNO2. The SMILES string of the molecule is COCCOCCCNCCCCCCCl. The van der Waals surface area contributed by atoms with E-state index in [0.717, 1.165) is 38.4 Å². The zero-order valence-electron chi connectivity index (χ0n) is 10.5. The Morgan fingerprint density at radius 3 is 2.38 bits per heavy atom. The molecule has 0 rings (SSSR count). The lowest BCUT2D eigenvalue weighted by Gasteiger charge is -2.05. The maximum atomic E-state index is 5.60. The van der Waals surface area contributed by atoms with Crippen LogP contribution in [0.25, 0.3) is 0 Å². The highest BCUT2D eigenvalue weighted by Gasteiger charge is 1.91. The summed E-state index contributed by atoms with van der Waals surface area (Å²) in [7, 11) is 1.69. The van der Waals surface area contributed by atoms with E-state index in [1.807, 2.05) is 0 Å². The number of nitrogens with one attached hydrogen (secondary N) is 1. The Labute approximate surface area is 105 Å². The lowest BCUT2D eigenvalue weighted by Crippen LogP contribution is -2.18. The molecule has 0 atom stereocenters. The van der Waals surface area contributed by atoms with Gasteiger partial charge in [0.1, 0.15) is 0 Å². The van der Waals surface area contributed by atoms with E-state index in [1.165, 1.54) is 19.3 Å². The van der Waals surface area contributed by atoms with Crippen molar-refractivity contribution in [3.63, 3.8) is 0 Å². The van der Waals surface area contributed by atoms with E-state index in [9.17, 15) is 0 Å². The van der Waals surface area contributed by atoms with E-state index >= 15 is 0 Å². The van der Waals surface area contributed by atoms with E-state index in [2.05, 4.69) is 5.32 Å². The average Bonchev–Trinajstić information content (AvgIpc) is 2.31. The molecule has 0 saturated heterocycles. The molecule has 98 valence electrons. The van der Waals surface area contributed by atoms with Gasteiger partial charge in [0.25, 0.3) is 0 Å². The molecule has 0 aromatic carbocycles. The minimum absolute atomic E-state index is 0.688. The molecule has 0 unspecified atom stereocenters. The molecule has 0 spiro atoms. The van der Waals surface area contributed by atoms with Crippen LogP contribution >= 0.6 is 11.6 Å². The van der Waals surface area contributed by atoms with Gasteiger partial charge in [0.15, 0.2) is 0 Å². The number of methoxy groups -OCH3 is 1. The predicted octanol–water partition coefficient (Wildman–Crippen LogP) is 2.43. The van der Waals surface area contributed by atoms with Gasteiger partial charge >= 0.3 is 0 Å². The molecule has 0 aliphatic rings. The van der Waals surface area contributed by atoms with Crippen molar-refractivity contribution in [2.45, 2.75) is 32.1 Å². The van der Waals surface area contributed by atoms with Gasteiger partial charge in [-0.15, -0.1) is 11.6 Å². The van der Waals surface area contributed by atoms with E-state index in [-0.39, 0.29) is 0 Å². The lowest BCUT2D eigenvalue weighted by molar-refractivity contribution is 0.0695. The normalized spacial score (nSPS) is 10.9. The van der Waals surface area contributed by atoms with Gasteiger partial charge in [-0.05, 0) is 32.4 Å². The van der Waals surface area contributed by atoms with Gasteiger partial charge in [0.2, 0.25) is 0 Å². The lowest BCUT2D eigenvalue weighted by atomic mass is 10.2. The summed E-state index contributed by atoms with van der Waals surface area (Å²) in [5.41, 5.74) is 0. The van der Waals surface area contributed by atoms with Gasteiger partial charge in [0, 0.05) is 19.6 Å². The first-order valence-corrected chi connectivity index (χ1v) is 6.78. The second-order valence-corrected chi connectivity index (χ2v) is 4.19. The van der Waals surface area contributed by atoms with Crippen LogP contribution in [-0.4, -0.2) is 45.9 Å². The number of ether oxygens (including phenoxy) is 2. The third-order valence-corrected chi connectivity index (χ3v) is 2.58. The van der Waals surface area contributed by atoms with Gasteiger partial charge in [-0.2, -0.15) is 0 Å². The summed E-state index contributed by atoms with van der Waals surface area (Å²) >= 11 is 5.60. The van der Waals surface area contributed by atoms with Crippen molar-refractivity contribution in [2.75, 3.05) is 45.9 Å². The molecule has 4 heteroatoms. The van der Waals surface area contributed by atoms with Crippen LogP contribution in [0.3, 0.4) is 0 Å². The van der Waals surface area contributed by atoms with Gasteiger partial charge < -0.3 is 14.8 Å². The Hall–Kier alpha value is 0.170. The van der Waals surface area contributed by atoms with Crippen LogP contribution in [0.4, 0.5) is 0 Å². The van der Waals surface area contributed by atoms with Crippen molar-refractivity contribution in [3.05, 3.63) is 0 Å². The van der Waals surface area contributed by atoms with Gasteiger partial charge in [-0.1, -0.05) is 12.8 Å². The van der Waals surface area contributed by atoms with Crippen LogP contribution in [0, 0.1) is 0 Å². The maximum absolute atomic E-state index is 5.60. The molecule has 0 aromatic heterocycles. The molecular weight excluding hydrogens is 226 g/mol. The monoisotopic (exact) mass is 251 g/mol. The Balaban J connectivity index is 2.83. The number of hydrogen-bond donors (Lipinski definition) is 1. The minimum Gasteiger partial charge on any atom is -0.382 e. The van der Waals surface area contributed by atoms with Crippen LogP contribution in [0.5, 0.6) is 0 Å². The fraction of sp³-hybridized carbons (Fsp3) is 1.00. The first kappa shape index (κ1) is 16.2. The molecule has 0 aliphatic heterocycles.